The number of hydrogen-bond acceptors (Lipinski definition) is 2. The van der Waals surface area contributed by atoms with Gasteiger partial charge >= 0.3 is 0 Å². The summed E-state index contributed by atoms with van der Waals surface area (Å²) in [5.41, 5.74) is 11.0. The molecule has 4 N–H and O–H groups in total. The Labute approximate surface area is 123 Å². The standard InChI is InChI=1S/C17H17N3O/c1-10-11(2)19-16-8-3-12(9-15(10)16)17(21)20-14-6-4-13(18)5-7-14/h3-9,19H,18H2,1-2H3,(H,20,21). The lowest BCUT2D eigenvalue weighted by molar-refractivity contribution is 0.102. The molecule has 1 aromatic heterocycles. The van der Waals surface area contributed by atoms with Crippen molar-refractivity contribution in [2.75, 3.05) is 11.1 Å². The molecule has 1 amide bonds. The van der Waals surface area contributed by atoms with Crippen LogP contribution in [0.3, 0.4) is 0 Å². The Hall–Kier alpha value is -2.75. The van der Waals surface area contributed by atoms with Crippen LogP contribution >= 0.6 is 0 Å². The van der Waals surface area contributed by atoms with E-state index in [9.17, 15) is 4.79 Å². The number of rotatable bonds is 2. The van der Waals surface area contributed by atoms with Crippen LogP contribution in [0.2, 0.25) is 0 Å². The molecule has 4 heteroatoms. The van der Waals surface area contributed by atoms with Gasteiger partial charge in [0.25, 0.3) is 5.91 Å². The summed E-state index contributed by atoms with van der Waals surface area (Å²) < 4.78 is 0. The molecular formula is C17H17N3O. The normalized spacial score (nSPS) is 10.8. The molecule has 0 saturated heterocycles. The molecule has 4 nitrogen and oxygen atoms in total. The monoisotopic (exact) mass is 279 g/mol. The highest BCUT2D eigenvalue weighted by Crippen LogP contribution is 2.23. The summed E-state index contributed by atoms with van der Waals surface area (Å²) in [6, 6.07) is 12.8. The Morgan fingerprint density at radius 1 is 1.10 bits per heavy atom. The predicted octanol–water partition coefficient (Wildman–Crippen LogP) is 3.62. The first-order valence-corrected chi connectivity index (χ1v) is 6.80. The van der Waals surface area contributed by atoms with Crippen molar-refractivity contribution in [1.29, 1.82) is 0 Å². The van der Waals surface area contributed by atoms with Crippen LogP contribution in [0.4, 0.5) is 11.4 Å². The third-order valence-electron chi connectivity index (χ3n) is 3.74. The van der Waals surface area contributed by atoms with Crippen LogP contribution in [-0.2, 0) is 0 Å². The van der Waals surface area contributed by atoms with Crippen molar-refractivity contribution in [3.8, 4) is 0 Å². The van der Waals surface area contributed by atoms with Gasteiger partial charge in [0.05, 0.1) is 0 Å². The molecule has 21 heavy (non-hydrogen) atoms. The summed E-state index contributed by atoms with van der Waals surface area (Å²) in [5, 5.41) is 3.95. The topological polar surface area (TPSA) is 70.9 Å². The zero-order valence-corrected chi connectivity index (χ0v) is 12.0. The molecule has 0 saturated carbocycles. The maximum Gasteiger partial charge on any atom is 0.255 e. The van der Waals surface area contributed by atoms with E-state index in [0.717, 1.165) is 22.3 Å². The van der Waals surface area contributed by atoms with E-state index in [4.69, 9.17) is 5.73 Å². The SMILES string of the molecule is Cc1[nH]c2ccc(C(=O)Nc3ccc(N)cc3)cc2c1C. The van der Waals surface area contributed by atoms with Gasteiger partial charge < -0.3 is 16.0 Å². The number of H-pyrrole nitrogens is 1. The average Bonchev–Trinajstić information content (AvgIpc) is 2.76. The fourth-order valence-corrected chi connectivity index (χ4v) is 2.37. The maximum atomic E-state index is 12.3. The lowest BCUT2D eigenvalue weighted by Gasteiger charge is -2.06. The maximum absolute atomic E-state index is 12.3. The van der Waals surface area contributed by atoms with E-state index >= 15 is 0 Å². The van der Waals surface area contributed by atoms with Gasteiger partial charge in [-0.3, -0.25) is 4.79 Å². The zero-order chi connectivity index (χ0) is 15.0. The number of amides is 1. The van der Waals surface area contributed by atoms with Crippen LogP contribution in [0.15, 0.2) is 42.5 Å². The highest BCUT2D eigenvalue weighted by molar-refractivity contribution is 6.06. The van der Waals surface area contributed by atoms with Crippen LogP contribution in [0.25, 0.3) is 10.9 Å². The number of anilines is 2. The Bertz CT molecular complexity index is 816. The molecule has 0 atom stereocenters. The summed E-state index contributed by atoms with van der Waals surface area (Å²) in [7, 11) is 0. The first-order chi connectivity index (χ1) is 10.0. The van der Waals surface area contributed by atoms with Crippen molar-refractivity contribution >= 4 is 28.2 Å². The van der Waals surface area contributed by atoms with E-state index in [1.54, 1.807) is 24.3 Å². The van der Waals surface area contributed by atoms with E-state index in [-0.39, 0.29) is 5.91 Å². The number of nitrogen functional groups attached to an aromatic ring is 1. The first-order valence-electron chi connectivity index (χ1n) is 6.80. The van der Waals surface area contributed by atoms with Gasteiger partial charge in [-0.15, -0.1) is 0 Å². The van der Waals surface area contributed by atoms with Gasteiger partial charge in [-0.05, 0) is 61.9 Å². The second kappa shape index (κ2) is 4.98. The lowest BCUT2D eigenvalue weighted by atomic mass is 10.1. The average molecular weight is 279 g/mol. The largest absolute Gasteiger partial charge is 0.399 e. The van der Waals surface area contributed by atoms with E-state index in [1.165, 1.54) is 5.56 Å². The summed E-state index contributed by atoms with van der Waals surface area (Å²) >= 11 is 0. The van der Waals surface area contributed by atoms with Crippen molar-refractivity contribution in [2.45, 2.75) is 13.8 Å². The Balaban J connectivity index is 1.90. The number of carbonyl (C=O) groups is 1. The molecule has 2 aromatic carbocycles. The van der Waals surface area contributed by atoms with Crippen molar-refractivity contribution < 1.29 is 4.79 Å². The fraction of sp³-hybridized carbons (Fsp3) is 0.118. The number of aromatic nitrogens is 1. The van der Waals surface area contributed by atoms with Crippen molar-refractivity contribution in [3.05, 3.63) is 59.3 Å². The van der Waals surface area contributed by atoms with Crippen LogP contribution in [-0.4, -0.2) is 10.9 Å². The Morgan fingerprint density at radius 3 is 2.52 bits per heavy atom. The van der Waals surface area contributed by atoms with E-state index in [1.807, 2.05) is 25.1 Å². The molecule has 106 valence electrons. The molecule has 3 rings (SSSR count). The van der Waals surface area contributed by atoms with Crippen molar-refractivity contribution in [1.82, 2.24) is 4.98 Å². The highest BCUT2D eigenvalue weighted by atomic mass is 16.1. The Morgan fingerprint density at radius 2 is 1.81 bits per heavy atom. The minimum absolute atomic E-state index is 0.125. The fourth-order valence-electron chi connectivity index (χ4n) is 2.37. The first kappa shape index (κ1) is 13.2. The minimum atomic E-state index is -0.125. The van der Waals surface area contributed by atoms with Gasteiger partial charge in [0.2, 0.25) is 0 Å². The molecule has 0 fully saturated rings. The number of aromatic amines is 1. The van der Waals surface area contributed by atoms with E-state index < -0.39 is 0 Å². The molecule has 0 bridgehead atoms. The molecule has 0 unspecified atom stereocenters. The van der Waals surface area contributed by atoms with Gasteiger partial charge in [0, 0.05) is 33.5 Å². The van der Waals surface area contributed by atoms with Gasteiger partial charge in [0.1, 0.15) is 0 Å². The van der Waals surface area contributed by atoms with Gasteiger partial charge in [0.15, 0.2) is 0 Å². The van der Waals surface area contributed by atoms with Crippen molar-refractivity contribution in [3.63, 3.8) is 0 Å². The van der Waals surface area contributed by atoms with Gasteiger partial charge in [-0.1, -0.05) is 0 Å². The molecule has 0 aliphatic heterocycles. The van der Waals surface area contributed by atoms with Crippen LogP contribution in [0.1, 0.15) is 21.6 Å². The number of aryl methyl sites for hydroxylation is 2. The number of fused-ring (bicyclic) bond motifs is 1. The quantitative estimate of drug-likeness (QED) is 0.627. The predicted molar refractivity (Wildman–Crippen MR) is 86.6 cm³/mol. The highest BCUT2D eigenvalue weighted by Gasteiger charge is 2.10. The molecular weight excluding hydrogens is 262 g/mol. The third-order valence-corrected chi connectivity index (χ3v) is 3.74. The molecule has 3 aromatic rings. The summed E-state index contributed by atoms with van der Waals surface area (Å²) in [6.45, 7) is 4.08. The summed E-state index contributed by atoms with van der Waals surface area (Å²) in [6.07, 6.45) is 0. The third kappa shape index (κ3) is 2.48. The summed E-state index contributed by atoms with van der Waals surface area (Å²) in [5.74, 6) is -0.125. The molecule has 0 aliphatic carbocycles. The second-order valence-electron chi connectivity index (χ2n) is 5.21. The number of nitrogens with two attached hydrogens (primary N) is 1. The summed E-state index contributed by atoms with van der Waals surface area (Å²) in [4.78, 5) is 15.6. The number of hydrogen-bond donors (Lipinski definition) is 3. The molecule has 0 spiro atoms. The lowest BCUT2D eigenvalue weighted by Crippen LogP contribution is -2.11. The number of benzene rings is 2. The molecule has 0 aliphatic rings. The van der Waals surface area contributed by atoms with Crippen molar-refractivity contribution in [2.24, 2.45) is 0 Å². The number of carbonyl (C=O) groups excluding carboxylic acids is 1. The molecule has 0 radical (unpaired) electrons. The van der Waals surface area contributed by atoms with Gasteiger partial charge in [-0.25, -0.2) is 0 Å². The second-order valence-corrected chi connectivity index (χ2v) is 5.21. The minimum Gasteiger partial charge on any atom is -0.399 e. The van der Waals surface area contributed by atoms with Crippen LogP contribution < -0.4 is 11.1 Å². The van der Waals surface area contributed by atoms with E-state index in [0.29, 0.717) is 11.3 Å². The number of nitrogens with one attached hydrogen (secondary N) is 2. The van der Waals surface area contributed by atoms with Gasteiger partial charge in [-0.2, -0.15) is 0 Å². The Kier molecular flexibility index (Phi) is 3.14. The zero-order valence-electron chi connectivity index (χ0n) is 12.0. The smallest absolute Gasteiger partial charge is 0.255 e. The van der Waals surface area contributed by atoms with Crippen LogP contribution in [0.5, 0.6) is 0 Å². The molecule has 1 heterocycles. The van der Waals surface area contributed by atoms with E-state index in [2.05, 4.69) is 17.2 Å². The van der Waals surface area contributed by atoms with Crippen LogP contribution in [0, 0.1) is 13.8 Å².